The Morgan fingerprint density at radius 2 is 1.47 bits per heavy atom. The SMILES string of the molecule is Nc1ccccc1O.O=S(=O)([O-])[O-].[Na+].[Na+]. The van der Waals surface area contributed by atoms with Gasteiger partial charge in [-0.3, -0.25) is 8.42 Å². The first kappa shape index (κ1) is 21.0. The number of aromatic hydroxyl groups is 1. The fraction of sp³-hybridized carbons (Fsp3) is 0. The number of anilines is 1. The molecule has 0 heterocycles. The van der Waals surface area contributed by atoms with Gasteiger partial charge in [0.15, 0.2) is 0 Å². The van der Waals surface area contributed by atoms with E-state index in [1.807, 2.05) is 0 Å². The molecule has 0 saturated heterocycles. The molecule has 74 valence electrons. The summed E-state index contributed by atoms with van der Waals surface area (Å²) < 4.78 is 34.1. The monoisotopic (exact) mass is 251 g/mol. The predicted octanol–water partition coefficient (Wildman–Crippen LogP) is -6.36. The maximum atomic E-state index is 8.79. The van der Waals surface area contributed by atoms with Gasteiger partial charge in [-0.25, -0.2) is 0 Å². The van der Waals surface area contributed by atoms with E-state index in [0.29, 0.717) is 5.69 Å². The van der Waals surface area contributed by atoms with E-state index in [-0.39, 0.29) is 64.9 Å². The molecule has 0 bridgehead atoms. The first-order valence-electron chi connectivity index (χ1n) is 3.01. The van der Waals surface area contributed by atoms with Crippen molar-refractivity contribution in [2.24, 2.45) is 0 Å². The van der Waals surface area contributed by atoms with Crippen LogP contribution in [-0.4, -0.2) is 22.6 Å². The summed E-state index contributed by atoms with van der Waals surface area (Å²) >= 11 is 0. The Labute approximate surface area is 132 Å². The van der Waals surface area contributed by atoms with Crippen LogP contribution in [0.3, 0.4) is 0 Å². The van der Waals surface area contributed by atoms with Crippen molar-refractivity contribution < 1.29 is 81.7 Å². The Morgan fingerprint density at radius 3 is 1.67 bits per heavy atom. The van der Waals surface area contributed by atoms with E-state index in [2.05, 4.69) is 0 Å². The minimum atomic E-state index is -5.17. The third-order valence-corrected chi connectivity index (χ3v) is 0.937. The molecule has 0 aliphatic carbocycles. The minimum absolute atomic E-state index is 0. The number of hydrogen-bond donors (Lipinski definition) is 2. The van der Waals surface area contributed by atoms with Crippen LogP contribution in [0.4, 0.5) is 5.69 Å². The molecule has 15 heavy (non-hydrogen) atoms. The van der Waals surface area contributed by atoms with Crippen molar-refractivity contribution in [3.05, 3.63) is 24.3 Å². The van der Waals surface area contributed by atoms with E-state index in [0.717, 1.165) is 0 Å². The molecule has 0 radical (unpaired) electrons. The van der Waals surface area contributed by atoms with E-state index in [4.69, 9.17) is 28.4 Å². The van der Waals surface area contributed by atoms with Crippen molar-refractivity contribution in [2.45, 2.75) is 0 Å². The van der Waals surface area contributed by atoms with Crippen LogP contribution in [0.5, 0.6) is 5.75 Å². The van der Waals surface area contributed by atoms with Crippen molar-refractivity contribution in [2.75, 3.05) is 5.73 Å². The Bertz CT molecular complexity index is 341. The van der Waals surface area contributed by atoms with Crippen LogP contribution >= 0.6 is 0 Å². The van der Waals surface area contributed by atoms with E-state index < -0.39 is 10.4 Å². The Kier molecular flexibility index (Phi) is 13.9. The van der Waals surface area contributed by atoms with Crippen LogP contribution in [0.2, 0.25) is 0 Å². The summed E-state index contributed by atoms with van der Waals surface area (Å²) in [5, 5.41) is 8.79. The summed E-state index contributed by atoms with van der Waals surface area (Å²) in [6, 6.07) is 6.70. The van der Waals surface area contributed by atoms with Gasteiger partial charge in [-0.1, -0.05) is 12.1 Å². The molecule has 1 aromatic rings. The molecular weight excluding hydrogens is 244 g/mol. The van der Waals surface area contributed by atoms with Gasteiger partial charge in [-0.2, -0.15) is 0 Å². The molecule has 0 aliphatic heterocycles. The third kappa shape index (κ3) is 17.3. The summed E-state index contributed by atoms with van der Waals surface area (Å²) in [7, 11) is -5.17. The molecular formula is C6H7NNa2O5S. The smallest absolute Gasteiger partial charge is 0.759 e. The number of benzene rings is 1. The molecule has 0 aliphatic rings. The van der Waals surface area contributed by atoms with E-state index in [1.54, 1.807) is 24.3 Å². The second-order valence-electron chi connectivity index (χ2n) is 1.97. The standard InChI is InChI=1S/C6H7NO.2Na.H2O4S/c7-5-3-1-2-4-6(5)8;;;1-5(2,3)4/h1-4,8H,7H2;;;(H2,1,2,3,4)/q;2*+1;/p-2. The third-order valence-electron chi connectivity index (χ3n) is 0.937. The van der Waals surface area contributed by atoms with Gasteiger partial charge in [0.25, 0.3) is 0 Å². The molecule has 3 N–H and O–H groups in total. The van der Waals surface area contributed by atoms with Gasteiger partial charge < -0.3 is 19.9 Å². The van der Waals surface area contributed by atoms with Crippen molar-refractivity contribution in [3.8, 4) is 5.75 Å². The normalized spacial score (nSPS) is 8.67. The molecule has 0 aromatic heterocycles. The maximum Gasteiger partial charge on any atom is 1.00 e. The molecule has 1 rings (SSSR count). The predicted molar refractivity (Wildman–Crippen MR) is 43.0 cm³/mol. The number of phenolic OH excluding ortho intramolecular Hbond substituents is 1. The summed E-state index contributed by atoms with van der Waals surface area (Å²) in [6.45, 7) is 0. The summed E-state index contributed by atoms with van der Waals surface area (Å²) in [5.74, 6) is 0.146. The maximum absolute atomic E-state index is 8.79. The van der Waals surface area contributed by atoms with Crippen LogP contribution in [0, 0.1) is 0 Å². The first-order chi connectivity index (χ1) is 5.80. The number of hydrogen-bond acceptors (Lipinski definition) is 6. The molecule has 0 fully saturated rings. The van der Waals surface area contributed by atoms with Crippen LogP contribution in [0.25, 0.3) is 0 Å². The summed E-state index contributed by atoms with van der Waals surface area (Å²) in [6.07, 6.45) is 0. The summed E-state index contributed by atoms with van der Waals surface area (Å²) in [5.41, 5.74) is 5.69. The summed E-state index contributed by atoms with van der Waals surface area (Å²) in [4.78, 5) is 0. The molecule has 6 nitrogen and oxygen atoms in total. The molecule has 1 aromatic carbocycles. The largest absolute Gasteiger partial charge is 1.00 e. The zero-order valence-corrected chi connectivity index (χ0v) is 13.2. The van der Waals surface area contributed by atoms with Crippen LogP contribution in [0.15, 0.2) is 24.3 Å². The van der Waals surface area contributed by atoms with E-state index >= 15 is 0 Å². The topological polar surface area (TPSA) is 127 Å². The average molecular weight is 251 g/mol. The number of para-hydroxylation sites is 2. The van der Waals surface area contributed by atoms with Crippen LogP contribution in [0.1, 0.15) is 0 Å². The quantitative estimate of drug-likeness (QED) is 0.155. The van der Waals surface area contributed by atoms with Crippen LogP contribution < -0.4 is 64.8 Å². The van der Waals surface area contributed by atoms with Gasteiger partial charge in [0.2, 0.25) is 0 Å². The van der Waals surface area contributed by atoms with Gasteiger partial charge in [0.05, 0.1) is 5.69 Å². The van der Waals surface area contributed by atoms with Gasteiger partial charge in [-0.05, 0) is 12.1 Å². The van der Waals surface area contributed by atoms with E-state index in [9.17, 15) is 0 Å². The number of rotatable bonds is 0. The van der Waals surface area contributed by atoms with Gasteiger partial charge >= 0.3 is 59.1 Å². The zero-order chi connectivity index (χ0) is 10.5. The van der Waals surface area contributed by atoms with Gasteiger partial charge in [0.1, 0.15) is 5.75 Å². The molecule has 0 spiro atoms. The van der Waals surface area contributed by atoms with Gasteiger partial charge in [0, 0.05) is 10.4 Å². The molecule has 9 heteroatoms. The van der Waals surface area contributed by atoms with Crippen LogP contribution in [-0.2, 0) is 10.4 Å². The Hall–Kier alpha value is 0.690. The number of nitrogens with two attached hydrogens (primary N) is 1. The van der Waals surface area contributed by atoms with Crippen molar-refractivity contribution in [3.63, 3.8) is 0 Å². The molecule has 0 atom stereocenters. The van der Waals surface area contributed by atoms with Crippen molar-refractivity contribution in [1.82, 2.24) is 0 Å². The Morgan fingerprint density at radius 1 is 1.13 bits per heavy atom. The second kappa shape index (κ2) is 9.88. The minimum Gasteiger partial charge on any atom is -0.759 e. The zero-order valence-electron chi connectivity index (χ0n) is 8.38. The van der Waals surface area contributed by atoms with Crippen molar-refractivity contribution in [1.29, 1.82) is 0 Å². The number of phenols is 1. The van der Waals surface area contributed by atoms with Crippen molar-refractivity contribution >= 4 is 16.1 Å². The Balaban J connectivity index is -0.000000185. The number of nitrogen functional groups attached to an aromatic ring is 1. The first-order valence-corrected chi connectivity index (χ1v) is 4.34. The molecule has 0 saturated carbocycles. The van der Waals surface area contributed by atoms with E-state index in [1.165, 1.54) is 0 Å². The molecule has 0 amide bonds. The average Bonchev–Trinajstić information content (AvgIpc) is 1.92. The second-order valence-corrected chi connectivity index (χ2v) is 2.78. The molecule has 0 unspecified atom stereocenters. The fourth-order valence-electron chi connectivity index (χ4n) is 0.488. The van der Waals surface area contributed by atoms with Gasteiger partial charge in [-0.15, -0.1) is 0 Å². The fourth-order valence-corrected chi connectivity index (χ4v) is 0.488.